The van der Waals surface area contributed by atoms with Gasteiger partial charge in [0.1, 0.15) is 6.10 Å². The van der Waals surface area contributed by atoms with Gasteiger partial charge in [-0.25, -0.2) is 0 Å². The Balaban J connectivity index is 2.27. The van der Waals surface area contributed by atoms with Gasteiger partial charge in [0.2, 0.25) is 0 Å². The second-order valence-electron chi connectivity index (χ2n) is 3.89. The van der Waals surface area contributed by atoms with Crippen LogP contribution in [-0.2, 0) is 9.53 Å². The van der Waals surface area contributed by atoms with Gasteiger partial charge in [0.15, 0.2) is 5.88 Å². The van der Waals surface area contributed by atoms with E-state index in [0.29, 0.717) is 5.88 Å². The lowest BCUT2D eigenvalue weighted by atomic mass is 9.97. The highest BCUT2D eigenvalue weighted by molar-refractivity contribution is 5.94. The van der Waals surface area contributed by atoms with Crippen LogP contribution >= 0.6 is 0 Å². The molecule has 0 spiro atoms. The van der Waals surface area contributed by atoms with E-state index < -0.39 is 0 Å². The van der Waals surface area contributed by atoms with E-state index in [1.54, 1.807) is 0 Å². The van der Waals surface area contributed by atoms with Crippen molar-refractivity contribution in [2.45, 2.75) is 26.4 Å². The number of carbonyl (C=O) groups is 1. The van der Waals surface area contributed by atoms with Crippen molar-refractivity contribution in [2.75, 3.05) is 13.1 Å². The lowest BCUT2D eigenvalue weighted by Gasteiger charge is -2.14. The summed E-state index contributed by atoms with van der Waals surface area (Å²) in [4.78, 5) is 11.7. The van der Waals surface area contributed by atoms with E-state index in [4.69, 9.17) is 4.74 Å². The summed E-state index contributed by atoms with van der Waals surface area (Å²) in [6.07, 6.45) is 1.03. The van der Waals surface area contributed by atoms with Gasteiger partial charge in [-0.1, -0.05) is 6.92 Å². The van der Waals surface area contributed by atoms with Crippen molar-refractivity contribution in [3.63, 3.8) is 0 Å². The van der Waals surface area contributed by atoms with Crippen molar-refractivity contribution in [1.82, 2.24) is 10.6 Å². The second kappa shape index (κ2) is 3.52. The van der Waals surface area contributed by atoms with Crippen molar-refractivity contribution < 1.29 is 9.53 Å². The smallest absolute Gasteiger partial charge is 0.252 e. The van der Waals surface area contributed by atoms with Gasteiger partial charge in [0.25, 0.3) is 5.91 Å². The maximum Gasteiger partial charge on any atom is 0.252 e. The number of hydrogen-bond donors (Lipinski definition) is 2. The molecular weight excluding hydrogens is 180 g/mol. The van der Waals surface area contributed by atoms with Crippen LogP contribution in [0.1, 0.15) is 20.3 Å². The zero-order valence-electron chi connectivity index (χ0n) is 8.59. The fourth-order valence-electron chi connectivity index (χ4n) is 1.83. The third kappa shape index (κ3) is 1.45. The molecule has 2 rings (SSSR count). The summed E-state index contributed by atoms with van der Waals surface area (Å²) in [6.45, 7) is 5.61. The minimum Gasteiger partial charge on any atom is -0.475 e. The van der Waals surface area contributed by atoms with E-state index in [9.17, 15) is 4.79 Å². The Morgan fingerprint density at radius 3 is 2.79 bits per heavy atom. The van der Waals surface area contributed by atoms with Gasteiger partial charge >= 0.3 is 0 Å². The highest BCUT2D eigenvalue weighted by atomic mass is 16.5. The first-order valence-electron chi connectivity index (χ1n) is 5.13. The van der Waals surface area contributed by atoms with Crippen LogP contribution in [0, 0.1) is 5.92 Å². The normalized spacial score (nSPS) is 32.3. The predicted molar refractivity (Wildman–Crippen MR) is 52.4 cm³/mol. The Bertz CT molecular complexity index is 286. The number of amides is 1. The number of carbonyl (C=O) groups excluding carboxylic acids is 1. The SMILES string of the molecule is CC1OC2=C(C(=O)NCCCN2)C1C. The lowest BCUT2D eigenvalue weighted by Crippen LogP contribution is -2.34. The van der Waals surface area contributed by atoms with Gasteiger partial charge in [-0.2, -0.15) is 0 Å². The highest BCUT2D eigenvalue weighted by Crippen LogP contribution is 2.29. The molecule has 2 heterocycles. The summed E-state index contributed by atoms with van der Waals surface area (Å²) in [5, 5.41) is 6.06. The molecule has 0 saturated carbocycles. The second-order valence-corrected chi connectivity index (χ2v) is 3.89. The van der Waals surface area contributed by atoms with Crippen LogP contribution in [0.15, 0.2) is 11.5 Å². The third-order valence-corrected chi connectivity index (χ3v) is 2.88. The highest BCUT2D eigenvalue weighted by Gasteiger charge is 2.35. The molecule has 78 valence electrons. The van der Waals surface area contributed by atoms with E-state index in [-0.39, 0.29) is 17.9 Å². The van der Waals surface area contributed by atoms with Crippen molar-refractivity contribution in [3.8, 4) is 0 Å². The Morgan fingerprint density at radius 2 is 2.00 bits per heavy atom. The van der Waals surface area contributed by atoms with Crippen molar-refractivity contribution in [1.29, 1.82) is 0 Å². The lowest BCUT2D eigenvalue weighted by molar-refractivity contribution is -0.118. The van der Waals surface area contributed by atoms with E-state index in [2.05, 4.69) is 10.6 Å². The minimum absolute atomic E-state index is 0.0176. The fourth-order valence-corrected chi connectivity index (χ4v) is 1.83. The molecule has 0 aliphatic carbocycles. The van der Waals surface area contributed by atoms with Gasteiger partial charge in [0.05, 0.1) is 5.57 Å². The predicted octanol–water partition coefficient (Wildman–Crippen LogP) is 0.362. The van der Waals surface area contributed by atoms with Crippen LogP contribution in [0.3, 0.4) is 0 Å². The van der Waals surface area contributed by atoms with Crippen LogP contribution in [0.5, 0.6) is 0 Å². The van der Waals surface area contributed by atoms with Crippen molar-refractivity contribution in [3.05, 3.63) is 11.5 Å². The van der Waals surface area contributed by atoms with Crippen molar-refractivity contribution >= 4 is 5.91 Å². The Kier molecular flexibility index (Phi) is 2.35. The molecule has 2 unspecified atom stereocenters. The van der Waals surface area contributed by atoms with Crippen molar-refractivity contribution in [2.24, 2.45) is 5.92 Å². The Morgan fingerprint density at radius 1 is 1.29 bits per heavy atom. The van der Waals surface area contributed by atoms with Crippen LogP contribution in [0.4, 0.5) is 0 Å². The quantitative estimate of drug-likeness (QED) is 0.588. The molecule has 0 aromatic carbocycles. The molecular formula is C10H16N2O2. The van der Waals surface area contributed by atoms with Crippen LogP contribution < -0.4 is 10.6 Å². The molecule has 0 fully saturated rings. The average Bonchev–Trinajstić information content (AvgIpc) is 2.39. The fraction of sp³-hybridized carbons (Fsp3) is 0.700. The molecule has 4 nitrogen and oxygen atoms in total. The van der Waals surface area contributed by atoms with Gasteiger partial charge < -0.3 is 15.4 Å². The summed E-state index contributed by atoms with van der Waals surface area (Å²) < 4.78 is 5.59. The molecule has 2 aliphatic rings. The maximum absolute atomic E-state index is 11.7. The topological polar surface area (TPSA) is 50.4 Å². The van der Waals surface area contributed by atoms with Crippen LogP contribution in [-0.4, -0.2) is 25.1 Å². The Labute approximate surface area is 83.7 Å². The largest absolute Gasteiger partial charge is 0.475 e. The number of nitrogens with one attached hydrogen (secondary N) is 2. The summed E-state index contributed by atoms with van der Waals surface area (Å²) >= 11 is 0. The molecule has 0 aromatic heterocycles. The average molecular weight is 196 g/mol. The zero-order chi connectivity index (χ0) is 10.1. The standard InChI is InChI=1S/C10H16N2O2/c1-6-7(2)14-10-8(6)9(13)11-4-3-5-12-10/h6-7,12H,3-5H2,1-2H3,(H,11,13). The van der Waals surface area contributed by atoms with E-state index in [1.165, 1.54) is 0 Å². The zero-order valence-corrected chi connectivity index (χ0v) is 8.59. The van der Waals surface area contributed by atoms with Gasteiger partial charge in [0, 0.05) is 19.0 Å². The molecule has 2 aliphatic heterocycles. The van der Waals surface area contributed by atoms with Crippen LogP contribution in [0.2, 0.25) is 0 Å². The number of ether oxygens (including phenoxy) is 1. The van der Waals surface area contributed by atoms with Gasteiger partial charge in [-0.15, -0.1) is 0 Å². The molecule has 0 saturated heterocycles. The molecule has 4 heteroatoms. The van der Waals surface area contributed by atoms with E-state index in [0.717, 1.165) is 25.1 Å². The molecule has 2 atom stereocenters. The molecule has 0 radical (unpaired) electrons. The monoisotopic (exact) mass is 196 g/mol. The number of rotatable bonds is 0. The summed E-state index contributed by atoms with van der Waals surface area (Å²) in [5.74, 6) is 0.877. The summed E-state index contributed by atoms with van der Waals surface area (Å²) in [6, 6.07) is 0. The molecule has 0 aromatic rings. The van der Waals surface area contributed by atoms with Gasteiger partial charge in [-0.05, 0) is 13.3 Å². The molecule has 1 amide bonds. The summed E-state index contributed by atoms with van der Waals surface area (Å²) in [5.41, 5.74) is 0.775. The molecule has 0 bridgehead atoms. The van der Waals surface area contributed by atoms with E-state index >= 15 is 0 Å². The third-order valence-electron chi connectivity index (χ3n) is 2.88. The van der Waals surface area contributed by atoms with E-state index in [1.807, 2.05) is 13.8 Å². The Hall–Kier alpha value is -1.19. The first kappa shape index (κ1) is 9.37. The van der Waals surface area contributed by atoms with Gasteiger partial charge in [-0.3, -0.25) is 4.79 Å². The number of hydrogen-bond acceptors (Lipinski definition) is 3. The van der Waals surface area contributed by atoms with Crippen LogP contribution in [0.25, 0.3) is 0 Å². The maximum atomic E-state index is 11.7. The first-order valence-corrected chi connectivity index (χ1v) is 5.13. The first-order chi connectivity index (χ1) is 6.70. The summed E-state index contributed by atoms with van der Waals surface area (Å²) in [7, 11) is 0. The molecule has 14 heavy (non-hydrogen) atoms. The minimum atomic E-state index is 0.0176. The molecule has 2 N–H and O–H groups in total.